The second-order valence-corrected chi connectivity index (χ2v) is 9.32. The van der Waals surface area contributed by atoms with Crippen molar-refractivity contribution < 1.29 is 17.4 Å². The number of benzene rings is 1. The van der Waals surface area contributed by atoms with E-state index in [-0.39, 0.29) is 10.7 Å². The topological polar surface area (TPSA) is 60.4 Å². The monoisotopic (exact) mass is 394 g/mol. The molecule has 1 atom stereocenters. The number of hydrogen-bond donors (Lipinski definition) is 0. The Bertz CT molecular complexity index is 664. The fourth-order valence-electron chi connectivity index (χ4n) is 3.56. The third-order valence-electron chi connectivity index (χ3n) is 5.30. The van der Waals surface area contributed by atoms with Gasteiger partial charge in [0.2, 0.25) is 0 Å². The minimum absolute atomic E-state index is 0.0689. The van der Waals surface area contributed by atoms with Gasteiger partial charge in [-0.1, -0.05) is 81.9 Å². The lowest BCUT2D eigenvalue weighted by Gasteiger charge is -2.17. The molecule has 0 amide bonds. The Morgan fingerprint density at radius 2 is 1.26 bits per heavy atom. The summed E-state index contributed by atoms with van der Waals surface area (Å²) in [7, 11) is -3.91. The van der Waals surface area contributed by atoms with Gasteiger partial charge in [0.1, 0.15) is 6.10 Å². The van der Waals surface area contributed by atoms with Crippen LogP contribution in [0.3, 0.4) is 0 Å². The summed E-state index contributed by atoms with van der Waals surface area (Å²) in [6, 6.07) is 6.58. The molecule has 0 aliphatic heterocycles. The molecule has 0 bridgehead atoms. The van der Waals surface area contributed by atoms with Crippen LogP contribution in [-0.4, -0.2) is 20.3 Å². The van der Waals surface area contributed by atoms with Crippen molar-refractivity contribution in [2.24, 2.45) is 0 Å². The molecule has 0 N–H and O–H groups in total. The maximum atomic E-state index is 12.6. The average molecular weight is 395 g/mol. The van der Waals surface area contributed by atoms with E-state index in [0.29, 0.717) is 12.8 Å². The highest BCUT2D eigenvalue weighted by molar-refractivity contribution is 7.86. The highest BCUT2D eigenvalue weighted by Crippen LogP contribution is 2.21. The van der Waals surface area contributed by atoms with Crippen molar-refractivity contribution in [2.75, 3.05) is 0 Å². The summed E-state index contributed by atoms with van der Waals surface area (Å²) in [5, 5.41) is 0. The number of carbonyl (C=O) groups excluding carboxylic acids is 1. The molecule has 1 saturated carbocycles. The predicted octanol–water partition coefficient (Wildman–Crippen LogP) is 5.72. The van der Waals surface area contributed by atoms with Crippen LogP contribution in [0.15, 0.2) is 29.2 Å². The third kappa shape index (κ3) is 8.14. The second kappa shape index (κ2) is 11.6. The summed E-state index contributed by atoms with van der Waals surface area (Å²) in [5.74, 6) is -0.0689. The molecule has 0 heterocycles. The van der Waals surface area contributed by atoms with Crippen molar-refractivity contribution in [1.82, 2.24) is 0 Å². The summed E-state index contributed by atoms with van der Waals surface area (Å²) in [5.41, 5.74) is 0.985. The van der Waals surface area contributed by atoms with E-state index in [4.69, 9.17) is 4.18 Å². The van der Waals surface area contributed by atoms with Crippen molar-refractivity contribution in [3.8, 4) is 0 Å². The summed E-state index contributed by atoms with van der Waals surface area (Å²) < 4.78 is 30.6. The first-order valence-corrected chi connectivity index (χ1v) is 11.9. The molecule has 0 saturated heterocycles. The standard InChI is InChI=1S/C22H34O4S/c1-19-15-17-20(18-16-19)27(24,25)26-22-14-12-10-8-6-4-2-3-5-7-9-11-13-21(22)23/h15-18,22H,2-14H2,1H3. The Morgan fingerprint density at radius 3 is 1.81 bits per heavy atom. The first-order chi connectivity index (χ1) is 13.0. The summed E-state index contributed by atoms with van der Waals surface area (Å²) in [6.07, 6.45) is 12.4. The molecule has 1 fully saturated rings. The molecule has 4 nitrogen and oxygen atoms in total. The molecule has 0 spiro atoms. The Morgan fingerprint density at radius 1 is 0.778 bits per heavy atom. The number of ketones is 1. The van der Waals surface area contributed by atoms with Gasteiger partial charge in [0.25, 0.3) is 10.1 Å². The second-order valence-electron chi connectivity index (χ2n) is 7.75. The normalized spacial score (nSPS) is 22.0. The quantitative estimate of drug-likeness (QED) is 0.615. The summed E-state index contributed by atoms with van der Waals surface area (Å²) in [4.78, 5) is 12.7. The SMILES string of the molecule is Cc1ccc(S(=O)(=O)OC2CCCCCCCCCCCCCC2=O)cc1. The van der Waals surface area contributed by atoms with Crippen molar-refractivity contribution in [2.45, 2.75) is 101 Å². The zero-order valence-corrected chi connectivity index (χ0v) is 17.4. The molecule has 1 aromatic carbocycles. The number of rotatable bonds is 3. The van der Waals surface area contributed by atoms with Gasteiger partial charge < -0.3 is 0 Å². The predicted molar refractivity (Wildman–Crippen MR) is 108 cm³/mol. The smallest absolute Gasteiger partial charge is 0.297 e. The molecule has 1 aromatic rings. The van der Waals surface area contributed by atoms with Gasteiger partial charge in [-0.25, -0.2) is 0 Å². The first kappa shape index (κ1) is 22.1. The number of carbonyl (C=O) groups is 1. The van der Waals surface area contributed by atoms with Gasteiger partial charge in [-0.3, -0.25) is 8.98 Å². The fraction of sp³-hybridized carbons (Fsp3) is 0.682. The third-order valence-corrected chi connectivity index (χ3v) is 6.64. The Balaban J connectivity index is 2.02. The molecule has 152 valence electrons. The van der Waals surface area contributed by atoms with Crippen LogP contribution in [0.2, 0.25) is 0 Å². The van der Waals surface area contributed by atoms with Gasteiger partial charge in [0.15, 0.2) is 5.78 Å². The Labute approximate surface area is 164 Å². The van der Waals surface area contributed by atoms with Crippen molar-refractivity contribution >= 4 is 15.9 Å². The minimum Gasteiger partial charge on any atom is -0.297 e. The van der Waals surface area contributed by atoms with Crippen LogP contribution < -0.4 is 0 Å². The highest BCUT2D eigenvalue weighted by Gasteiger charge is 2.26. The van der Waals surface area contributed by atoms with Crippen LogP contribution in [0, 0.1) is 6.92 Å². The lowest BCUT2D eigenvalue weighted by molar-refractivity contribution is -0.126. The molecule has 0 aromatic heterocycles. The first-order valence-electron chi connectivity index (χ1n) is 10.5. The van der Waals surface area contributed by atoms with Gasteiger partial charge in [0.05, 0.1) is 4.90 Å². The Kier molecular flexibility index (Phi) is 9.49. The van der Waals surface area contributed by atoms with Gasteiger partial charge in [-0.2, -0.15) is 8.42 Å². The van der Waals surface area contributed by atoms with Crippen LogP contribution >= 0.6 is 0 Å². The van der Waals surface area contributed by atoms with Crippen LogP contribution in [0.1, 0.15) is 89.0 Å². The largest absolute Gasteiger partial charge is 0.297 e. The molecule has 2 rings (SSSR count). The zero-order chi connectivity index (χ0) is 19.5. The van der Waals surface area contributed by atoms with E-state index in [1.807, 2.05) is 6.92 Å². The van der Waals surface area contributed by atoms with Gasteiger partial charge in [-0.15, -0.1) is 0 Å². The molecule has 27 heavy (non-hydrogen) atoms. The van der Waals surface area contributed by atoms with Crippen molar-refractivity contribution in [3.05, 3.63) is 29.8 Å². The number of Topliss-reactive ketones (excluding diaryl/α,β-unsaturated/α-hetero) is 1. The van der Waals surface area contributed by atoms with Crippen LogP contribution in [-0.2, 0) is 19.1 Å². The molecule has 1 aliphatic carbocycles. The van der Waals surface area contributed by atoms with E-state index in [0.717, 1.165) is 44.1 Å². The molecule has 1 unspecified atom stereocenters. The lowest BCUT2D eigenvalue weighted by atomic mass is 10.0. The van der Waals surface area contributed by atoms with Crippen molar-refractivity contribution in [1.29, 1.82) is 0 Å². The van der Waals surface area contributed by atoms with E-state index < -0.39 is 16.2 Å². The summed E-state index contributed by atoms with van der Waals surface area (Å²) in [6.45, 7) is 1.90. The fourth-order valence-corrected chi connectivity index (χ4v) is 4.65. The highest BCUT2D eigenvalue weighted by atomic mass is 32.2. The van der Waals surface area contributed by atoms with Crippen LogP contribution in [0.25, 0.3) is 0 Å². The Hall–Kier alpha value is -1.20. The number of aryl methyl sites for hydroxylation is 1. The molecular formula is C22H34O4S. The zero-order valence-electron chi connectivity index (χ0n) is 16.6. The van der Waals surface area contributed by atoms with E-state index >= 15 is 0 Å². The summed E-state index contributed by atoms with van der Waals surface area (Å²) >= 11 is 0. The van der Waals surface area contributed by atoms with E-state index in [1.165, 1.54) is 32.1 Å². The van der Waals surface area contributed by atoms with Crippen LogP contribution in [0.4, 0.5) is 0 Å². The average Bonchev–Trinajstić information content (AvgIpc) is 2.64. The van der Waals surface area contributed by atoms with Gasteiger partial charge >= 0.3 is 0 Å². The maximum Gasteiger partial charge on any atom is 0.297 e. The maximum absolute atomic E-state index is 12.6. The lowest BCUT2D eigenvalue weighted by Crippen LogP contribution is -2.27. The van der Waals surface area contributed by atoms with E-state index in [1.54, 1.807) is 24.3 Å². The van der Waals surface area contributed by atoms with Gasteiger partial charge in [0, 0.05) is 6.42 Å². The molecule has 5 heteroatoms. The van der Waals surface area contributed by atoms with Crippen LogP contribution in [0.5, 0.6) is 0 Å². The van der Waals surface area contributed by atoms with Gasteiger partial charge in [-0.05, 0) is 31.9 Å². The molecule has 1 aliphatic rings. The number of hydrogen-bond acceptors (Lipinski definition) is 4. The minimum atomic E-state index is -3.91. The van der Waals surface area contributed by atoms with E-state index in [9.17, 15) is 13.2 Å². The van der Waals surface area contributed by atoms with E-state index in [2.05, 4.69) is 0 Å². The van der Waals surface area contributed by atoms with Crippen molar-refractivity contribution in [3.63, 3.8) is 0 Å². The molecule has 0 radical (unpaired) electrons. The molecular weight excluding hydrogens is 360 g/mol.